The number of rotatable bonds is 6. The molecule has 1 aromatic carbocycles. The molecular formula is C25H21N5OS. The van der Waals surface area contributed by atoms with Crippen LogP contribution in [0, 0.1) is 6.92 Å². The van der Waals surface area contributed by atoms with Gasteiger partial charge in [-0.2, -0.15) is 0 Å². The van der Waals surface area contributed by atoms with Gasteiger partial charge in [0.15, 0.2) is 0 Å². The van der Waals surface area contributed by atoms with Crippen molar-refractivity contribution < 1.29 is 4.79 Å². The zero-order chi connectivity index (χ0) is 21.9. The minimum atomic E-state index is -0.219. The Bertz CT molecular complexity index is 1350. The van der Waals surface area contributed by atoms with Crippen molar-refractivity contribution >= 4 is 39.7 Å². The molecule has 7 heteroatoms. The number of aryl methyl sites for hydroxylation is 1. The summed E-state index contributed by atoms with van der Waals surface area (Å²) in [7, 11) is 0. The highest BCUT2D eigenvalue weighted by Crippen LogP contribution is 2.35. The van der Waals surface area contributed by atoms with Crippen molar-refractivity contribution in [2.45, 2.75) is 13.0 Å². The van der Waals surface area contributed by atoms with E-state index < -0.39 is 0 Å². The van der Waals surface area contributed by atoms with E-state index in [0.29, 0.717) is 4.88 Å². The lowest BCUT2D eigenvalue weighted by atomic mass is 9.99. The molecule has 0 aliphatic carbocycles. The van der Waals surface area contributed by atoms with Crippen LogP contribution in [0.1, 0.15) is 32.7 Å². The standard InChI is InChI=1S/C25H21N5OS/c1-16-23(24(20-7-2-4-12-26-20)30-22-9-3-5-13-27-22)18-15-17(10-11-19(18)28-16)29-25(31)21-8-6-14-32-21/h2-15,24,28H,1H3,(H,27,30)(H,29,31). The third-order valence-corrected chi connectivity index (χ3v) is 6.14. The minimum Gasteiger partial charge on any atom is -0.358 e. The number of amides is 1. The highest BCUT2D eigenvalue weighted by atomic mass is 32.1. The maximum Gasteiger partial charge on any atom is 0.265 e. The number of pyridine rings is 2. The van der Waals surface area contributed by atoms with E-state index in [-0.39, 0.29) is 11.9 Å². The number of aromatic nitrogens is 3. The van der Waals surface area contributed by atoms with Crippen LogP contribution in [-0.4, -0.2) is 20.9 Å². The van der Waals surface area contributed by atoms with Crippen LogP contribution >= 0.6 is 11.3 Å². The van der Waals surface area contributed by atoms with Crippen LogP contribution in [-0.2, 0) is 0 Å². The van der Waals surface area contributed by atoms with Gasteiger partial charge in [0.1, 0.15) is 5.82 Å². The SMILES string of the molecule is Cc1[nH]c2ccc(NC(=O)c3cccs3)cc2c1C(Nc1ccccn1)c1ccccn1. The first-order chi connectivity index (χ1) is 15.7. The van der Waals surface area contributed by atoms with E-state index in [1.807, 2.05) is 72.1 Å². The van der Waals surface area contributed by atoms with Gasteiger partial charge < -0.3 is 15.6 Å². The minimum absolute atomic E-state index is 0.110. The molecule has 0 fully saturated rings. The number of anilines is 2. The summed E-state index contributed by atoms with van der Waals surface area (Å²) in [5.74, 6) is 0.653. The summed E-state index contributed by atoms with van der Waals surface area (Å²) in [5, 5.41) is 9.46. The Morgan fingerprint density at radius 1 is 1.00 bits per heavy atom. The topological polar surface area (TPSA) is 82.7 Å². The van der Waals surface area contributed by atoms with Crippen LogP contribution in [0.4, 0.5) is 11.5 Å². The number of hydrogen-bond acceptors (Lipinski definition) is 5. The number of aromatic amines is 1. The van der Waals surface area contributed by atoms with E-state index >= 15 is 0 Å². The lowest BCUT2D eigenvalue weighted by Crippen LogP contribution is -2.15. The van der Waals surface area contributed by atoms with Gasteiger partial charge >= 0.3 is 0 Å². The normalized spacial score (nSPS) is 11.9. The molecule has 5 aromatic rings. The van der Waals surface area contributed by atoms with Gasteiger partial charge in [-0.05, 0) is 60.8 Å². The van der Waals surface area contributed by atoms with Crippen LogP contribution in [0.3, 0.4) is 0 Å². The van der Waals surface area contributed by atoms with E-state index in [9.17, 15) is 4.79 Å². The quantitative estimate of drug-likeness (QED) is 0.313. The first-order valence-electron chi connectivity index (χ1n) is 10.2. The Kier molecular flexibility index (Phi) is 5.39. The lowest BCUT2D eigenvalue weighted by Gasteiger charge is -2.20. The molecule has 0 aliphatic heterocycles. The number of carbonyl (C=O) groups is 1. The van der Waals surface area contributed by atoms with Gasteiger partial charge in [-0.15, -0.1) is 11.3 Å². The molecule has 1 atom stereocenters. The molecule has 32 heavy (non-hydrogen) atoms. The summed E-state index contributed by atoms with van der Waals surface area (Å²) in [4.78, 5) is 25.8. The fraction of sp³-hybridized carbons (Fsp3) is 0.0800. The molecular weight excluding hydrogens is 418 g/mol. The highest BCUT2D eigenvalue weighted by molar-refractivity contribution is 7.12. The molecule has 0 spiro atoms. The van der Waals surface area contributed by atoms with E-state index in [2.05, 4.69) is 32.5 Å². The van der Waals surface area contributed by atoms with Crippen molar-refractivity contribution in [3.63, 3.8) is 0 Å². The number of nitrogens with one attached hydrogen (secondary N) is 3. The van der Waals surface area contributed by atoms with Crippen molar-refractivity contribution in [3.05, 3.63) is 106 Å². The summed E-state index contributed by atoms with van der Waals surface area (Å²) in [6.45, 7) is 2.05. The third kappa shape index (κ3) is 3.98. The maximum atomic E-state index is 12.6. The van der Waals surface area contributed by atoms with Crippen LogP contribution in [0.25, 0.3) is 10.9 Å². The first kappa shape index (κ1) is 20.0. The first-order valence-corrected chi connectivity index (χ1v) is 11.1. The van der Waals surface area contributed by atoms with Crippen LogP contribution in [0.5, 0.6) is 0 Å². The molecule has 0 saturated carbocycles. The number of thiophene rings is 1. The molecule has 4 aromatic heterocycles. The number of H-pyrrole nitrogens is 1. The van der Waals surface area contributed by atoms with Crippen LogP contribution < -0.4 is 10.6 Å². The van der Waals surface area contributed by atoms with Gasteiger partial charge in [0, 0.05) is 40.2 Å². The monoisotopic (exact) mass is 439 g/mol. The van der Waals surface area contributed by atoms with Gasteiger partial charge in [0.2, 0.25) is 0 Å². The van der Waals surface area contributed by atoms with Crippen LogP contribution in [0.15, 0.2) is 84.5 Å². The van der Waals surface area contributed by atoms with Crippen LogP contribution in [0.2, 0.25) is 0 Å². The smallest absolute Gasteiger partial charge is 0.265 e. The largest absolute Gasteiger partial charge is 0.358 e. The Balaban J connectivity index is 1.58. The molecule has 4 heterocycles. The predicted molar refractivity (Wildman–Crippen MR) is 129 cm³/mol. The highest BCUT2D eigenvalue weighted by Gasteiger charge is 2.23. The third-order valence-electron chi connectivity index (χ3n) is 5.27. The Hall–Kier alpha value is -3.97. The maximum absolute atomic E-state index is 12.6. The molecule has 0 saturated heterocycles. The summed E-state index contributed by atoms with van der Waals surface area (Å²) in [6.07, 6.45) is 3.55. The Labute approximate surface area is 189 Å². The fourth-order valence-electron chi connectivity index (χ4n) is 3.83. The number of fused-ring (bicyclic) bond motifs is 1. The van der Waals surface area contributed by atoms with E-state index in [4.69, 9.17) is 0 Å². The van der Waals surface area contributed by atoms with E-state index in [1.54, 1.807) is 12.4 Å². The van der Waals surface area contributed by atoms with Gasteiger partial charge in [-0.25, -0.2) is 4.98 Å². The van der Waals surface area contributed by atoms with Gasteiger partial charge in [-0.1, -0.05) is 18.2 Å². The van der Waals surface area contributed by atoms with Gasteiger partial charge in [-0.3, -0.25) is 9.78 Å². The summed E-state index contributed by atoms with van der Waals surface area (Å²) < 4.78 is 0. The summed E-state index contributed by atoms with van der Waals surface area (Å²) in [5.41, 5.74) is 4.72. The summed E-state index contributed by atoms with van der Waals surface area (Å²) in [6, 6.07) is 21.0. The molecule has 0 bridgehead atoms. The number of carbonyl (C=O) groups excluding carboxylic acids is 1. The summed E-state index contributed by atoms with van der Waals surface area (Å²) >= 11 is 1.42. The van der Waals surface area contributed by atoms with Gasteiger partial charge in [0.25, 0.3) is 5.91 Å². The molecule has 3 N–H and O–H groups in total. The molecule has 1 unspecified atom stereocenters. The van der Waals surface area contributed by atoms with Gasteiger partial charge in [0.05, 0.1) is 16.6 Å². The number of nitrogens with zero attached hydrogens (tertiary/aromatic N) is 2. The molecule has 158 valence electrons. The average molecular weight is 440 g/mol. The molecule has 6 nitrogen and oxygen atoms in total. The Morgan fingerprint density at radius 3 is 2.56 bits per heavy atom. The predicted octanol–water partition coefficient (Wildman–Crippen LogP) is 5.78. The fourth-order valence-corrected chi connectivity index (χ4v) is 4.45. The Morgan fingerprint density at radius 2 is 1.84 bits per heavy atom. The zero-order valence-electron chi connectivity index (χ0n) is 17.4. The molecule has 1 amide bonds. The molecule has 0 radical (unpaired) electrons. The lowest BCUT2D eigenvalue weighted by molar-refractivity contribution is 0.103. The van der Waals surface area contributed by atoms with Crippen molar-refractivity contribution in [2.75, 3.05) is 10.6 Å². The molecule has 0 aliphatic rings. The second kappa shape index (κ2) is 8.64. The van der Waals surface area contributed by atoms with Crippen molar-refractivity contribution in [3.8, 4) is 0 Å². The second-order valence-electron chi connectivity index (χ2n) is 7.40. The number of hydrogen-bond donors (Lipinski definition) is 3. The average Bonchev–Trinajstić information content (AvgIpc) is 3.47. The van der Waals surface area contributed by atoms with E-state index in [1.165, 1.54) is 11.3 Å². The molecule has 5 rings (SSSR count). The zero-order valence-corrected chi connectivity index (χ0v) is 18.2. The second-order valence-corrected chi connectivity index (χ2v) is 8.35. The van der Waals surface area contributed by atoms with Crippen molar-refractivity contribution in [1.82, 2.24) is 15.0 Å². The van der Waals surface area contributed by atoms with Crippen molar-refractivity contribution in [1.29, 1.82) is 0 Å². The van der Waals surface area contributed by atoms with E-state index in [0.717, 1.165) is 39.4 Å². The van der Waals surface area contributed by atoms with Crippen molar-refractivity contribution in [2.24, 2.45) is 0 Å². The number of benzene rings is 1.